The lowest BCUT2D eigenvalue weighted by atomic mass is 10.0. The summed E-state index contributed by atoms with van der Waals surface area (Å²) in [7, 11) is 0. The summed E-state index contributed by atoms with van der Waals surface area (Å²) in [6.45, 7) is 8.10. The van der Waals surface area contributed by atoms with Crippen LogP contribution >= 0.6 is 0 Å². The van der Waals surface area contributed by atoms with E-state index in [9.17, 15) is 0 Å². The first-order valence-corrected chi connectivity index (χ1v) is 6.17. The van der Waals surface area contributed by atoms with Crippen molar-refractivity contribution in [3.63, 3.8) is 0 Å². The summed E-state index contributed by atoms with van der Waals surface area (Å²) in [5.41, 5.74) is 2.17. The van der Waals surface area contributed by atoms with Gasteiger partial charge in [0.15, 0.2) is 5.79 Å². The van der Waals surface area contributed by atoms with Crippen molar-refractivity contribution in [2.24, 2.45) is 0 Å². The number of benzene rings is 1. The fourth-order valence-corrected chi connectivity index (χ4v) is 2.01. The molecule has 2 rings (SSSR count). The van der Waals surface area contributed by atoms with E-state index in [0.29, 0.717) is 19.8 Å². The first kappa shape index (κ1) is 12.4. The van der Waals surface area contributed by atoms with Crippen LogP contribution < -0.4 is 4.74 Å². The van der Waals surface area contributed by atoms with Gasteiger partial charge in [0, 0.05) is 0 Å². The minimum absolute atomic E-state index is 0.637. The van der Waals surface area contributed by atoms with Crippen molar-refractivity contribution in [2.45, 2.75) is 33.0 Å². The normalized spacial score (nSPS) is 18.3. The van der Waals surface area contributed by atoms with Gasteiger partial charge in [-0.05, 0) is 32.4 Å². The molecule has 0 atom stereocenters. The summed E-state index contributed by atoms with van der Waals surface area (Å²) in [4.78, 5) is 0. The topological polar surface area (TPSA) is 27.7 Å². The highest BCUT2D eigenvalue weighted by atomic mass is 16.7. The quantitative estimate of drug-likeness (QED) is 0.804. The second-order valence-electron chi connectivity index (χ2n) is 4.49. The van der Waals surface area contributed by atoms with Crippen LogP contribution in [0.3, 0.4) is 0 Å². The van der Waals surface area contributed by atoms with Crippen LogP contribution in [0.1, 0.15) is 31.4 Å². The Bertz CT molecular complexity index is 381. The second kappa shape index (κ2) is 5.07. The summed E-state index contributed by atoms with van der Waals surface area (Å²) in [6, 6.07) is 6.12. The van der Waals surface area contributed by atoms with Gasteiger partial charge in [-0.3, -0.25) is 0 Å². The van der Waals surface area contributed by atoms with Crippen LogP contribution in [0.5, 0.6) is 5.75 Å². The molecule has 17 heavy (non-hydrogen) atoms. The number of rotatable bonds is 4. The molecule has 0 amide bonds. The number of hydrogen-bond donors (Lipinski definition) is 0. The van der Waals surface area contributed by atoms with Crippen molar-refractivity contribution in [2.75, 3.05) is 19.8 Å². The van der Waals surface area contributed by atoms with Crippen LogP contribution in [0, 0.1) is 6.92 Å². The Hall–Kier alpha value is -1.06. The van der Waals surface area contributed by atoms with E-state index in [-0.39, 0.29) is 0 Å². The van der Waals surface area contributed by atoms with Crippen molar-refractivity contribution in [1.82, 2.24) is 0 Å². The maximum Gasteiger partial charge on any atom is 0.195 e. The minimum Gasteiger partial charge on any atom is -0.493 e. The Kier molecular flexibility index (Phi) is 3.69. The molecule has 1 aromatic rings. The molecule has 0 N–H and O–H groups in total. The Balaban J connectivity index is 2.32. The molecule has 0 bridgehead atoms. The molecular weight excluding hydrogens is 216 g/mol. The van der Waals surface area contributed by atoms with Crippen molar-refractivity contribution in [1.29, 1.82) is 0 Å². The molecule has 1 heterocycles. The predicted octanol–water partition coefficient (Wildman–Crippen LogP) is 3.00. The van der Waals surface area contributed by atoms with Gasteiger partial charge in [0.1, 0.15) is 5.75 Å². The van der Waals surface area contributed by atoms with E-state index < -0.39 is 5.79 Å². The lowest BCUT2D eigenvalue weighted by Gasteiger charge is -2.25. The molecule has 1 aliphatic rings. The zero-order valence-corrected chi connectivity index (χ0v) is 10.8. The Morgan fingerprint density at radius 2 is 2.00 bits per heavy atom. The van der Waals surface area contributed by atoms with Crippen LogP contribution in [0.25, 0.3) is 0 Å². The smallest absolute Gasteiger partial charge is 0.195 e. The fourth-order valence-electron chi connectivity index (χ4n) is 2.01. The average Bonchev–Trinajstić information content (AvgIpc) is 2.76. The second-order valence-corrected chi connectivity index (χ2v) is 4.49. The molecular formula is C14H20O3. The van der Waals surface area contributed by atoms with E-state index >= 15 is 0 Å². The maximum atomic E-state index is 5.76. The summed E-state index contributed by atoms with van der Waals surface area (Å²) < 4.78 is 17.2. The lowest BCUT2D eigenvalue weighted by Crippen LogP contribution is -2.23. The van der Waals surface area contributed by atoms with Crippen molar-refractivity contribution < 1.29 is 14.2 Å². The third-order valence-electron chi connectivity index (χ3n) is 2.92. The van der Waals surface area contributed by atoms with Gasteiger partial charge in [0.2, 0.25) is 0 Å². The van der Waals surface area contributed by atoms with E-state index in [0.717, 1.165) is 17.7 Å². The zero-order chi connectivity index (χ0) is 12.3. The molecule has 1 aromatic carbocycles. The molecule has 0 unspecified atom stereocenters. The third kappa shape index (κ3) is 2.61. The van der Waals surface area contributed by atoms with Crippen LogP contribution in [-0.2, 0) is 15.3 Å². The predicted molar refractivity (Wildman–Crippen MR) is 66.2 cm³/mol. The first-order chi connectivity index (χ1) is 8.15. The van der Waals surface area contributed by atoms with Crippen LogP contribution in [-0.4, -0.2) is 19.8 Å². The molecule has 0 aliphatic carbocycles. The van der Waals surface area contributed by atoms with E-state index in [4.69, 9.17) is 14.2 Å². The van der Waals surface area contributed by atoms with Gasteiger partial charge in [0.05, 0.1) is 25.4 Å². The third-order valence-corrected chi connectivity index (χ3v) is 2.92. The SMILES string of the molecule is CCCOc1ccc(C)cc1C1(C)OCCO1. The molecule has 3 nitrogen and oxygen atoms in total. The van der Waals surface area contributed by atoms with E-state index in [1.807, 2.05) is 19.1 Å². The number of hydrogen-bond acceptors (Lipinski definition) is 3. The molecule has 0 saturated carbocycles. The molecule has 94 valence electrons. The van der Waals surface area contributed by atoms with Crippen LogP contribution in [0.2, 0.25) is 0 Å². The van der Waals surface area contributed by atoms with Gasteiger partial charge in [0.25, 0.3) is 0 Å². The molecule has 1 aliphatic heterocycles. The van der Waals surface area contributed by atoms with Gasteiger partial charge >= 0.3 is 0 Å². The largest absolute Gasteiger partial charge is 0.493 e. The lowest BCUT2D eigenvalue weighted by molar-refractivity contribution is -0.150. The Morgan fingerprint density at radius 3 is 2.65 bits per heavy atom. The van der Waals surface area contributed by atoms with Crippen molar-refractivity contribution in [3.05, 3.63) is 29.3 Å². The highest BCUT2D eigenvalue weighted by Gasteiger charge is 2.35. The standard InChI is InChI=1S/C14H20O3/c1-4-7-15-13-6-5-11(2)10-12(13)14(3)16-8-9-17-14/h5-6,10H,4,7-9H2,1-3H3. The zero-order valence-electron chi connectivity index (χ0n) is 10.8. The Labute approximate surface area is 103 Å². The summed E-state index contributed by atoms with van der Waals surface area (Å²) in [5, 5.41) is 0. The van der Waals surface area contributed by atoms with Gasteiger partial charge in [-0.25, -0.2) is 0 Å². The Morgan fingerprint density at radius 1 is 1.29 bits per heavy atom. The van der Waals surface area contributed by atoms with Gasteiger partial charge < -0.3 is 14.2 Å². The van der Waals surface area contributed by atoms with E-state index in [1.165, 1.54) is 5.56 Å². The molecule has 0 aromatic heterocycles. The number of aryl methyl sites for hydroxylation is 1. The molecule has 0 spiro atoms. The summed E-state index contributed by atoms with van der Waals surface area (Å²) in [6.07, 6.45) is 0.992. The van der Waals surface area contributed by atoms with Crippen LogP contribution in [0.4, 0.5) is 0 Å². The van der Waals surface area contributed by atoms with Gasteiger partial charge in [-0.15, -0.1) is 0 Å². The van der Waals surface area contributed by atoms with Crippen molar-refractivity contribution >= 4 is 0 Å². The molecule has 1 saturated heterocycles. The molecule has 3 heteroatoms. The van der Waals surface area contributed by atoms with Crippen molar-refractivity contribution in [3.8, 4) is 5.75 Å². The van der Waals surface area contributed by atoms with Gasteiger partial charge in [-0.1, -0.05) is 18.6 Å². The average molecular weight is 236 g/mol. The van der Waals surface area contributed by atoms with Gasteiger partial charge in [-0.2, -0.15) is 0 Å². The van der Waals surface area contributed by atoms with E-state index in [2.05, 4.69) is 19.9 Å². The minimum atomic E-state index is -0.658. The summed E-state index contributed by atoms with van der Waals surface area (Å²) >= 11 is 0. The molecule has 0 radical (unpaired) electrons. The highest BCUT2D eigenvalue weighted by Crippen LogP contribution is 2.37. The highest BCUT2D eigenvalue weighted by molar-refractivity contribution is 5.40. The number of ether oxygens (including phenoxy) is 3. The fraction of sp³-hybridized carbons (Fsp3) is 0.571. The van der Waals surface area contributed by atoms with E-state index in [1.54, 1.807) is 0 Å². The summed E-state index contributed by atoms with van der Waals surface area (Å²) in [5.74, 6) is 0.205. The molecule has 1 fully saturated rings. The monoisotopic (exact) mass is 236 g/mol. The van der Waals surface area contributed by atoms with Crippen LogP contribution in [0.15, 0.2) is 18.2 Å². The maximum absolute atomic E-state index is 5.76. The first-order valence-electron chi connectivity index (χ1n) is 6.17.